The molecule has 5 nitrogen and oxygen atoms in total. The molecule has 3 aromatic rings. The van der Waals surface area contributed by atoms with Crippen LogP contribution < -0.4 is 10.2 Å². The summed E-state index contributed by atoms with van der Waals surface area (Å²) in [6.45, 7) is 0.338. The van der Waals surface area contributed by atoms with Gasteiger partial charge < -0.3 is 9.84 Å². The fourth-order valence-electron chi connectivity index (χ4n) is 2.35. The van der Waals surface area contributed by atoms with Crippen LogP contribution in [0.25, 0.3) is 0 Å². The average molecular weight is 415 g/mol. The van der Waals surface area contributed by atoms with E-state index in [1.807, 2.05) is 30.3 Å². The van der Waals surface area contributed by atoms with Crippen LogP contribution in [-0.4, -0.2) is 17.3 Å². The zero-order valence-electron chi connectivity index (χ0n) is 14.6. The molecule has 0 aliphatic heterocycles. The Labute approximate surface area is 172 Å². The van der Waals surface area contributed by atoms with Gasteiger partial charge in [-0.05, 0) is 60.2 Å². The Morgan fingerprint density at radius 3 is 2.57 bits per heavy atom. The number of halogens is 2. The number of carboxylic acid groups (broad SMARTS) is 1. The molecule has 3 rings (SSSR count). The van der Waals surface area contributed by atoms with Gasteiger partial charge in [0.15, 0.2) is 0 Å². The number of benzene rings is 3. The van der Waals surface area contributed by atoms with Crippen LogP contribution in [0, 0.1) is 0 Å². The smallest absolute Gasteiger partial charge is 0.335 e. The van der Waals surface area contributed by atoms with Crippen LogP contribution >= 0.6 is 23.2 Å². The van der Waals surface area contributed by atoms with Gasteiger partial charge in [-0.25, -0.2) is 4.79 Å². The summed E-state index contributed by atoms with van der Waals surface area (Å²) >= 11 is 12.0. The van der Waals surface area contributed by atoms with Gasteiger partial charge in [0.2, 0.25) is 0 Å². The van der Waals surface area contributed by atoms with Crippen molar-refractivity contribution in [3.63, 3.8) is 0 Å². The summed E-state index contributed by atoms with van der Waals surface area (Å²) < 4.78 is 5.73. The molecule has 0 atom stereocenters. The highest BCUT2D eigenvalue weighted by Gasteiger charge is 2.03. The predicted molar refractivity (Wildman–Crippen MR) is 112 cm³/mol. The number of carbonyl (C=O) groups is 1. The van der Waals surface area contributed by atoms with E-state index >= 15 is 0 Å². The zero-order valence-corrected chi connectivity index (χ0v) is 16.1. The van der Waals surface area contributed by atoms with E-state index in [9.17, 15) is 4.79 Å². The first-order valence-corrected chi connectivity index (χ1v) is 9.06. The molecule has 0 unspecified atom stereocenters. The molecular weight excluding hydrogens is 399 g/mol. The number of ether oxygens (including phenoxy) is 1. The van der Waals surface area contributed by atoms with Gasteiger partial charge in [0, 0.05) is 15.6 Å². The molecule has 142 valence electrons. The standard InChI is InChI=1S/C21H16Cl2N2O3/c22-17-7-6-16(20(23)11-17)13-28-19-8-4-14(5-9-19)12-24-25-18-3-1-2-15(10-18)21(26)27/h1-12,25H,13H2,(H,26,27). The van der Waals surface area contributed by atoms with E-state index in [0.717, 1.165) is 11.1 Å². The molecular formula is C21H16Cl2N2O3. The van der Waals surface area contributed by atoms with Crippen LogP contribution in [0.15, 0.2) is 71.8 Å². The number of nitrogens with zero attached hydrogens (tertiary/aromatic N) is 1. The van der Waals surface area contributed by atoms with Crippen molar-refractivity contribution >= 4 is 41.1 Å². The van der Waals surface area contributed by atoms with E-state index in [0.29, 0.717) is 28.1 Å². The first-order chi connectivity index (χ1) is 13.5. The lowest BCUT2D eigenvalue weighted by molar-refractivity contribution is 0.0697. The first-order valence-electron chi connectivity index (χ1n) is 8.30. The number of carboxylic acids is 1. The maximum atomic E-state index is 11.0. The third-order valence-electron chi connectivity index (χ3n) is 3.81. The van der Waals surface area contributed by atoms with Gasteiger partial charge in [-0.1, -0.05) is 35.3 Å². The fourth-order valence-corrected chi connectivity index (χ4v) is 2.82. The van der Waals surface area contributed by atoms with Gasteiger partial charge in [-0.2, -0.15) is 5.10 Å². The highest BCUT2D eigenvalue weighted by atomic mass is 35.5. The van der Waals surface area contributed by atoms with Crippen molar-refractivity contribution in [2.45, 2.75) is 6.61 Å². The van der Waals surface area contributed by atoms with Crippen molar-refractivity contribution in [2.24, 2.45) is 5.10 Å². The van der Waals surface area contributed by atoms with E-state index in [1.54, 1.807) is 30.5 Å². The second-order valence-corrected chi connectivity index (χ2v) is 6.69. The van der Waals surface area contributed by atoms with Gasteiger partial charge >= 0.3 is 5.97 Å². The molecule has 0 radical (unpaired) electrons. The maximum absolute atomic E-state index is 11.0. The number of rotatable bonds is 7. The summed E-state index contributed by atoms with van der Waals surface area (Å²) in [5.74, 6) is -0.284. The summed E-state index contributed by atoms with van der Waals surface area (Å²) in [6, 6.07) is 19.1. The average Bonchev–Trinajstić information content (AvgIpc) is 2.68. The Hall–Kier alpha value is -3.02. The van der Waals surface area contributed by atoms with Gasteiger partial charge in [0.1, 0.15) is 12.4 Å². The highest BCUT2D eigenvalue weighted by Crippen LogP contribution is 2.22. The number of anilines is 1. The third kappa shape index (κ3) is 5.49. The van der Waals surface area contributed by atoms with Crippen molar-refractivity contribution < 1.29 is 14.6 Å². The normalized spacial score (nSPS) is 10.8. The van der Waals surface area contributed by atoms with E-state index in [4.69, 9.17) is 33.0 Å². The Balaban J connectivity index is 1.56. The van der Waals surface area contributed by atoms with Gasteiger partial charge in [-0.3, -0.25) is 5.43 Å². The zero-order chi connectivity index (χ0) is 19.9. The van der Waals surface area contributed by atoms with Gasteiger partial charge in [-0.15, -0.1) is 0 Å². The monoisotopic (exact) mass is 414 g/mol. The van der Waals surface area contributed by atoms with Crippen LogP contribution in [-0.2, 0) is 6.61 Å². The summed E-state index contributed by atoms with van der Waals surface area (Å²) in [4.78, 5) is 11.0. The Bertz CT molecular complexity index is 1000. The van der Waals surface area contributed by atoms with E-state index in [-0.39, 0.29) is 5.56 Å². The molecule has 0 aromatic heterocycles. The van der Waals surface area contributed by atoms with Crippen molar-refractivity contribution in [1.29, 1.82) is 0 Å². The molecule has 3 aromatic carbocycles. The largest absolute Gasteiger partial charge is 0.489 e. The Kier molecular flexibility index (Phi) is 6.53. The molecule has 0 saturated carbocycles. The summed E-state index contributed by atoms with van der Waals surface area (Å²) in [5.41, 5.74) is 5.31. The van der Waals surface area contributed by atoms with Crippen LogP contribution in [0.3, 0.4) is 0 Å². The number of hydrogen-bond donors (Lipinski definition) is 2. The summed E-state index contributed by atoms with van der Waals surface area (Å²) in [5, 5.41) is 14.3. The van der Waals surface area contributed by atoms with Crippen molar-refractivity contribution in [1.82, 2.24) is 0 Å². The molecule has 0 saturated heterocycles. The minimum atomic E-state index is -0.983. The van der Waals surface area contributed by atoms with Crippen molar-refractivity contribution in [2.75, 3.05) is 5.43 Å². The molecule has 28 heavy (non-hydrogen) atoms. The number of hydrazone groups is 1. The van der Waals surface area contributed by atoms with Crippen LogP contribution in [0.5, 0.6) is 5.75 Å². The quantitative estimate of drug-likeness (QED) is 0.383. The summed E-state index contributed by atoms with van der Waals surface area (Å²) in [7, 11) is 0. The van der Waals surface area contributed by atoms with Gasteiger partial charge in [0.05, 0.1) is 17.5 Å². The van der Waals surface area contributed by atoms with Crippen LogP contribution in [0.4, 0.5) is 5.69 Å². The lowest BCUT2D eigenvalue weighted by Gasteiger charge is -2.08. The Morgan fingerprint density at radius 2 is 1.86 bits per heavy atom. The van der Waals surface area contributed by atoms with E-state index in [1.165, 1.54) is 12.1 Å². The highest BCUT2D eigenvalue weighted by molar-refractivity contribution is 6.35. The second-order valence-electron chi connectivity index (χ2n) is 5.85. The first kappa shape index (κ1) is 19.7. The number of nitrogens with one attached hydrogen (secondary N) is 1. The molecule has 2 N–H and O–H groups in total. The maximum Gasteiger partial charge on any atom is 0.335 e. The topological polar surface area (TPSA) is 70.9 Å². The fraction of sp³-hybridized carbons (Fsp3) is 0.0476. The van der Waals surface area contributed by atoms with E-state index in [2.05, 4.69) is 10.5 Å². The Morgan fingerprint density at radius 1 is 1.07 bits per heavy atom. The lowest BCUT2D eigenvalue weighted by atomic mass is 10.2. The molecule has 0 aliphatic rings. The molecule has 0 spiro atoms. The van der Waals surface area contributed by atoms with Gasteiger partial charge in [0.25, 0.3) is 0 Å². The third-order valence-corrected chi connectivity index (χ3v) is 4.39. The SMILES string of the molecule is O=C(O)c1cccc(NN=Cc2ccc(OCc3ccc(Cl)cc3Cl)cc2)c1. The molecule has 0 fully saturated rings. The number of aromatic carboxylic acids is 1. The van der Waals surface area contributed by atoms with Crippen LogP contribution in [0.1, 0.15) is 21.5 Å². The van der Waals surface area contributed by atoms with Crippen molar-refractivity contribution in [3.8, 4) is 5.75 Å². The molecule has 0 bridgehead atoms. The van der Waals surface area contributed by atoms with E-state index < -0.39 is 5.97 Å². The predicted octanol–water partition coefficient (Wildman–Crippen LogP) is 5.72. The summed E-state index contributed by atoms with van der Waals surface area (Å²) in [6.07, 6.45) is 1.63. The minimum absolute atomic E-state index is 0.197. The molecule has 7 heteroatoms. The minimum Gasteiger partial charge on any atom is -0.489 e. The number of hydrogen-bond acceptors (Lipinski definition) is 4. The molecule has 0 aliphatic carbocycles. The lowest BCUT2D eigenvalue weighted by Crippen LogP contribution is -1.98. The molecule has 0 amide bonds. The van der Waals surface area contributed by atoms with Crippen LogP contribution in [0.2, 0.25) is 10.0 Å². The van der Waals surface area contributed by atoms with Crippen molar-refractivity contribution in [3.05, 3.63) is 93.5 Å². The molecule has 0 heterocycles. The second kappa shape index (κ2) is 9.26.